The molecule has 0 spiro atoms. The summed E-state index contributed by atoms with van der Waals surface area (Å²) in [7, 11) is 1.29. The van der Waals surface area contributed by atoms with Crippen LogP contribution in [0.3, 0.4) is 0 Å². The fourth-order valence-corrected chi connectivity index (χ4v) is 3.41. The molecule has 1 fully saturated rings. The van der Waals surface area contributed by atoms with E-state index in [-0.39, 0.29) is 36.2 Å². The minimum atomic E-state index is -0.597. The molecule has 0 unspecified atom stereocenters. The van der Waals surface area contributed by atoms with E-state index in [9.17, 15) is 24.5 Å². The van der Waals surface area contributed by atoms with Gasteiger partial charge in [-0.25, -0.2) is 0 Å². The molecule has 25 heavy (non-hydrogen) atoms. The number of non-ortho nitro benzene ring substituents is 1. The molecule has 1 aliphatic rings. The number of carbonyl (C=O) groups excluding carboxylic acids is 3. The average molecular weight is 367 g/mol. The molecule has 1 atom stereocenters. The van der Waals surface area contributed by atoms with Gasteiger partial charge in [0.25, 0.3) is 11.6 Å². The number of hydrogen-bond acceptors (Lipinski definition) is 7. The molecule has 0 bridgehead atoms. The van der Waals surface area contributed by atoms with Crippen LogP contribution in [-0.4, -0.2) is 65.4 Å². The number of thioether (sulfide) groups is 1. The lowest BCUT2D eigenvalue weighted by atomic mass is 10.2. The van der Waals surface area contributed by atoms with E-state index in [4.69, 9.17) is 0 Å². The maximum Gasteiger partial charge on any atom is 0.320 e. The van der Waals surface area contributed by atoms with Crippen molar-refractivity contribution < 1.29 is 24.0 Å². The summed E-state index contributed by atoms with van der Waals surface area (Å²) in [6.07, 6.45) is 0. The second kappa shape index (κ2) is 8.47. The Morgan fingerprint density at radius 3 is 2.88 bits per heavy atom. The van der Waals surface area contributed by atoms with Crippen molar-refractivity contribution in [3.05, 3.63) is 39.9 Å². The summed E-state index contributed by atoms with van der Waals surface area (Å²) in [5.41, 5.74) is -0.100. The molecule has 10 heteroatoms. The van der Waals surface area contributed by atoms with Crippen LogP contribution in [0.5, 0.6) is 0 Å². The van der Waals surface area contributed by atoms with E-state index >= 15 is 0 Å². The third-order valence-corrected chi connectivity index (χ3v) is 4.76. The second-order valence-corrected chi connectivity index (χ2v) is 6.52. The largest absolute Gasteiger partial charge is 0.468 e. The molecule has 1 N–H and O–H groups in total. The van der Waals surface area contributed by atoms with E-state index in [2.05, 4.69) is 10.1 Å². The first-order chi connectivity index (χ1) is 11.9. The summed E-state index contributed by atoms with van der Waals surface area (Å²) in [4.78, 5) is 47.4. The standard InChI is InChI=1S/C15H17N3O6S/c1-24-15(21)12-9-17(5-6-25-12)13(19)8-16-14(20)10-3-2-4-11(7-10)18(22)23/h2-4,7,12H,5-6,8-9H2,1H3,(H,16,20)/t12-/m1/s1. The van der Waals surface area contributed by atoms with Gasteiger partial charge >= 0.3 is 5.97 Å². The predicted octanol–water partition coefficient (Wildman–Crippen LogP) is 0.442. The number of carbonyl (C=O) groups is 3. The molecule has 0 aromatic heterocycles. The van der Waals surface area contributed by atoms with Crippen LogP contribution in [-0.2, 0) is 14.3 Å². The second-order valence-electron chi connectivity index (χ2n) is 5.21. The van der Waals surface area contributed by atoms with E-state index in [0.29, 0.717) is 12.3 Å². The maximum atomic E-state index is 12.2. The van der Waals surface area contributed by atoms with E-state index in [1.807, 2.05) is 0 Å². The van der Waals surface area contributed by atoms with Gasteiger partial charge in [-0.3, -0.25) is 24.5 Å². The summed E-state index contributed by atoms with van der Waals surface area (Å²) in [5, 5.41) is 12.7. The molecule has 1 aromatic carbocycles. The highest BCUT2D eigenvalue weighted by Gasteiger charge is 2.29. The monoisotopic (exact) mass is 367 g/mol. The van der Waals surface area contributed by atoms with Gasteiger partial charge in [0.15, 0.2) is 0 Å². The minimum absolute atomic E-state index is 0.101. The Morgan fingerprint density at radius 2 is 2.20 bits per heavy atom. The molecule has 0 aliphatic carbocycles. The van der Waals surface area contributed by atoms with E-state index in [0.717, 1.165) is 6.07 Å². The fraction of sp³-hybridized carbons (Fsp3) is 0.400. The highest BCUT2D eigenvalue weighted by atomic mass is 32.2. The Hall–Kier alpha value is -2.62. The van der Waals surface area contributed by atoms with Crippen LogP contribution in [0, 0.1) is 10.1 Å². The summed E-state index contributed by atoms with van der Waals surface area (Å²) in [5.74, 6) is -0.686. The van der Waals surface area contributed by atoms with Crippen LogP contribution in [0.25, 0.3) is 0 Å². The Morgan fingerprint density at radius 1 is 1.44 bits per heavy atom. The van der Waals surface area contributed by atoms with Crippen molar-refractivity contribution in [2.75, 3.05) is 32.5 Å². The van der Waals surface area contributed by atoms with Gasteiger partial charge in [-0.2, -0.15) is 0 Å². The van der Waals surface area contributed by atoms with Gasteiger partial charge in [-0.1, -0.05) is 6.07 Å². The number of methoxy groups -OCH3 is 1. The zero-order chi connectivity index (χ0) is 18.4. The van der Waals surface area contributed by atoms with Crippen molar-refractivity contribution in [1.29, 1.82) is 0 Å². The minimum Gasteiger partial charge on any atom is -0.468 e. The van der Waals surface area contributed by atoms with E-state index in [1.54, 1.807) is 0 Å². The first kappa shape index (κ1) is 18.7. The number of nitrogens with one attached hydrogen (secondary N) is 1. The van der Waals surface area contributed by atoms with Gasteiger partial charge in [0.05, 0.1) is 18.6 Å². The number of ether oxygens (including phenoxy) is 1. The van der Waals surface area contributed by atoms with Crippen molar-refractivity contribution in [2.45, 2.75) is 5.25 Å². The van der Waals surface area contributed by atoms with E-state index < -0.39 is 16.1 Å². The number of hydrogen-bond donors (Lipinski definition) is 1. The van der Waals surface area contributed by atoms with Crippen molar-refractivity contribution >= 4 is 35.2 Å². The fourth-order valence-electron chi connectivity index (χ4n) is 2.28. The molecule has 2 amide bonds. The van der Waals surface area contributed by atoms with Gasteiger partial charge < -0.3 is 15.0 Å². The van der Waals surface area contributed by atoms with Gasteiger partial charge in [0.1, 0.15) is 5.25 Å². The normalized spacial score (nSPS) is 16.8. The molecule has 0 saturated carbocycles. The Bertz CT molecular complexity index is 696. The SMILES string of the molecule is COC(=O)[C@H]1CN(C(=O)CNC(=O)c2cccc([N+](=O)[O-])c2)CCS1. The van der Waals surface area contributed by atoms with Gasteiger partial charge in [-0.05, 0) is 6.07 Å². The molecule has 0 radical (unpaired) electrons. The smallest absolute Gasteiger partial charge is 0.320 e. The first-order valence-corrected chi connectivity index (χ1v) is 8.47. The van der Waals surface area contributed by atoms with Crippen LogP contribution < -0.4 is 5.32 Å². The van der Waals surface area contributed by atoms with Gasteiger partial charge in [0.2, 0.25) is 5.91 Å². The summed E-state index contributed by atoms with van der Waals surface area (Å²) in [6, 6.07) is 5.25. The lowest BCUT2D eigenvalue weighted by Crippen LogP contribution is -2.48. The Labute approximate surface area is 147 Å². The number of nitrogens with zero attached hydrogens (tertiary/aromatic N) is 2. The summed E-state index contributed by atoms with van der Waals surface area (Å²) in [6.45, 7) is 0.451. The molecule has 9 nitrogen and oxygen atoms in total. The molecule has 1 saturated heterocycles. The lowest BCUT2D eigenvalue weighted by Gasteiger charge is -2.31. The van der Waals surface area contributed by atoms with Crippen molar-refractivity contribution in [2.24, 2.45) is 0 Å². The topological polar surface area (TPSA) is 119 Å². The average Bonchev–Trinajstić information content (AvgIpc) is 2.65. The molecule has 1 aromatic rings. The Balaban J connectivity index is 1.91. The number of rotatable bonds is 5. The van der Waals surface area contributed by atoms with Crippen molar-refractivity contribution in [1.82, 2.24) is 10.2 Å². The molecule has 1 heterocycles. The number of amides is 2. The number of esters is 1. The molecular weight excluding hydrogens is 350 g/mol. The van der Waals surface area contributed by atoms with Crippen LogP contribution in [0.15, 0.2) is 24.3 Å². The number of benzene rings is 1. The van der Waals surface area contributed by atoms with E-state index in [1.165, 1.54) is 42.0 Å². The highest BCUT2D eigenvalue weighted by Crippen LogP contribution is 2.19. The van der Waals surface area contributed by atoms with Crippen molar-refractivity contribution in [3.63, 3.8) is 0 Å². The Kier molecular flexibility index (Phi) is 6.34. The molecule has 134 valence electrons. The zero-order valence-electron chi connectivity index (χ0n) is 13.5. The van der Waals surface area contributed by atoms with Crippen LogP contribution in [0.2, 0.25) is 0 Å². The summed E-state index contributed by atoms with van der Waals surface area (Å²) < 4.78 is 4.68. The third kappa shape index (κ3) is 4.92. The van der Waals surface area contributed by atoms with Crippen LogP contribution in [0.1, 0.15) is 10.4 Å². The molecule has 1 aliphatic heterocycles. The van der Waals surface area contributed by atoms with Gasteiger partial charge in [-0.15, -0.1) is 11.8 Å². The third-order valence-electron chi connectivity index (χ3n) is 3.60. The maximum absolute atomic E-state index is 12.2. The lowest BCUT2D eigenvalue weighted by molar-refractivity contribution is -0.384. The van der Waals surface area contributed by atoms with Crippen LogP contribution >= 0.6 is 11.8 Å². The number of nitro benzene ring substituents is 1. The quantitative estimate of drug-likeness (QED) is 0.456. The number of nitro groups is 1. The van der Waals surface area contributed by atoms with Gasteiger partial charge in [0, 0.05) is 36.5 Å². The first-order valence-electron chi connectivity index (χ1n) is 7.42. The predicted molar refractivity (Wildman–Crippen MR) is 90.3 cm³/mol. The molecular formula is C15H17N3O6S. The summed E-state index contributed by atoms with van der Waals surface area (Å²) >= 11 is 1.42. The van der Waals surface area contributed by atoms with Crippen molar-refractivity contribution in [3.8, 4) is 0 Å². The molecule has 2 rings (SSSR count). The van der Waals surface area contributed by atoms with Crippen LogP contribution in [0.4, 0.5) is 5.69 Å². The highest BCUT2D eigenvalue weighted by molar-refractivity contribution is 8.00. The zero-order valence-corrected chi connectivity index (χ0v) is 14.3.